The molecule has 114 valence electrons. The minimum atomic E-state index is 0.453. The molecule has 0 aromatic carbocycles. The van der Waals surface area contributed by atoms with Crippen LogP contribution in [0.5, 0.6) is 0 Å². The predicted octanol–water partition coefficient (Wildman–Crippen LogP) is 2.29. The van der Waals surface area contributed by atoms with Crippen LogP contribution in [-0.4, -0.2) is 63.7 Å². The lowest BCUT2D eigenvalue weighted by Crippen LogP contribution is -2.44. The summed E-state index contributed by atoms with van der Waals surface area (Å²) in [7, 11) is 6.64. The number of nitrogens with one attached hydrogen (secondary N) is 1. The third-order valence-electron chi connectivity index (χ3n) is 5.07. The first-order chi connectivity index (χ1) is 9.05. The molecule has 0 spiro atoms. The molecule has 0 amide bonds. The van der Waals surface area contributed by atoms with E-state index in [2.05, 4.69) is 50.1 Å². The Hall–Kier alpha value is -0.120. The second-order valence-electron chi connectivity index (χ2n) is 6.68. The average Bonchev–Trinajstić information content (AvgIpc) is 2.41. The fourth-order valence-electron chi connectivity index (χ4n) is 3.48. The summed E-state index contributed by atoms with van der Waals surface area (Å²) >= 11 is 0. The van der Waals surface area contributed by atoms with Crippen molar-refractivity contribution in [1.82, 2.24) is 15.1 Å². The third kappa shape index (κ3) is 5.41. The number of rotatable bonds is 8. The summed E-state index contributed by atoms with van der Waals surface area (Å²) in [5.74, 6) is 0.905. The smallest absolute Gasteiger partial charge is 0.00470 e. The lowest BCUT2D eigenvalue weighted by atomic mass is 9.81. The van der Waals surface area contributed by atoms with Crippen molar-refractivity contribution in [2.45, 2.75) is 39.5 Å². The van der Waals surface area contributed by atoms with Crippen molar-refractivity contribution in [3.05, 3.63) is 0 Å². The van der Waals surface area contributed by atoms with Crippen LogP contribution in [0.1, 0.15) is 39.5 Å². The van der Waals surface area contributed by atoms with Gasteiger partial charge in [-0.25, -0.2) is 0 Å². The van der Waals surface area contributed by atoms with Gasteiger partial charge in [0.2, 0.25) is 0 Å². The van der Waals surface area contributed by atoms with E-state index in [0.717, 1.165) is 12.5 Å². The average molecular weight is 269 g/mol. The highest BCUT2D eigenvalue weighted by atomic mass is 15.1. The Kier molecular flexibility index (Phi) is 7.33. The molecule has 0 aromatic heterocycles. The molecule has 3 heteroatoms. The van der Waals surface area contributed by atoms with Gasteiger partial charge in [0.25, 0.3) is 0 Å². The van der Waals surface area contributed by atoms with Gasteiger partial charge in [0.15, 0.2) is 0 Å². The number of nitrogens with zero attached hydrogens (tertiary/aromatic N) is 2. The van der Waals surface area contributed by atoms with E-state index < -0.39 is 0 Å². The van der Waals surface area contributed by atoms with Crippen molar-refractivity contribution < 1.29 is 0 Å². The number of piperidine rings is 1. The summed E-state index contributed by atoms with van der Waals surface area (Å²) in [4.78, 5) is 5.04. The first-order valence-corrected chi connectivity index (χ1v) is 8.07. The van der Waals surface area contributed by atoms with Gasteiger partial charge >= 0.3 is 0 Å². The van der Waals surface area contributed by atoms with Crippen LogP contribution in [0.2, 0.25) is 0 Å². The molecule has 0 atom stereocenters. The molecule has 0 aliphatic carbocycles. The van der Waals surface area contributed by atoms with Crippen molar-refractivity contribution in [3.63, 3.8) is 0 Å². The molecule has 0 radical (unpaired) electrons. The molecule has 1 N–H and O–H groups in total. The second kappa shape index (κ2) is 8.23. The quantitative estimate of drug-likeness (QED) is 0.729. The summed E-state index contributed by atoms with van der Waals surface area (Å²) in [5, 5.41) is 3.39. The molecule has 0 bridgehead atoms. The monoisotopic (exact) mass is 269 g/mol. The van der Waals surface area contributed by atoms with Crippen LogP contribution in [0, 0.1) is 11.3 Å². The normalized spacial score (nSPS) is 19.3. The van der Waals surface area contributed by atoms with Crippen LogP contribution in [0.3, 0.4) is 0 Å². The van der Waals surface area contributed by atoms with Gasteiger partial charge in [0.1, 0.15) is 0 Å². The van der Waals surface area contributed by atoms with Gasteiger partial charge in [0.05, 0.1) is 0 Å². The van der Waals surface area contributed by atoms with E-state index in [0.29, 0.717) is 5.41 Å². The lowest BCUT2D eigenvalue weighted by molar-refractivity contribution is 0.121. The van der Waals surface area contributed by atoms with E-state index in [4.69, 9.17) is 0 Å². The van der Waals surface area contributed by atoms with Crippen molar-refractivity contribution in [3.8, 4) is 0 Å². The van der Waals surface area contributed by atoms with Crippen LogP contribution in [-0.2, 0) is 0 Å². The summed E-state index contributed by atoms with van der Waals surface area (Å²) in [6, 6.07) is 0. The first kappa shape index (κ1) is 16.9. The van der Waals surface area contributed by atoms with Crippen molar-refractivity contribution >= 4 is 0 Å². The molecular weight excluding hydrogens is 234 g/mol. The van der Waals surface area contributed by atoms with Crippen molar-refractivity contribution in [1.29, 1.82) is 0 Å². The summed E-state index contributed by atoms with van der Waals surface area (Å²) in [6.45, 7) is 10.9. The fourth-order valence-corrected chi connectivity index (χ4v) is 3.48. The topological polar surface area (TPSA) is 18.5 Å². The molecule has 1 heterocycles. The van der Waals surface area contributed by atoms with Crippen molar-refractivity contribution in [2.75, 3.05) is 53.9 Å². The highest BCUT2D eigenvalue weighted by molar-refractivity contribution is 4.83. The SMILES string of the molecule is CCC(CC)(CNC)CN(C)CC1CCN(C)CC1. The Morgan fingerprint density at radius 2 is 1.79 bits per heavy atom. The minimum absolute atomic E-state index is 0.453. The second-order valence-corrected chi connectivity index (χ2v) is 6.68. The van der Waals surface area contributed by atoms with E-state index in [1.165, 1.54) is 51.9 Å². The molecular formula is C16H35N3. The zero-order valence-electron chi connectivity index (χ0n) is 13.8. The Morgan fingerprint density at radius 1 is 1.21 bits per heavy atom. The maximum Gasteiger partial charge on any atom is 0.00470 e. The van der Waals surface area contributed by atoms with E-state index in [1.807, 2.05) is 0 Å². The van der Waals surface area contributed by atoms with E-state index in [9.17, 15) is 0 Å². The van der Waals surface area contributed by atoms with Gasteiger partial charge in [-0.1, -0.05) is 13.8 Å². The maximum absolute atomic E-state index is 3.39. The van der Waals surface area contributed by atoms with Crippen LogP contribution in [0.25, 0.3) is 0 Å². The van der Waals surface area contributed by atoms with Crippen molar-refractivity contribution in [2.24, 2.45) is 11.3 Å². The maximum atomic E-state index is 3.39. The van der Waals surface area contributed by atoms with Gasteiger partial charge < -0.3 is 15.1 Å². The predicted molar refractivity (Wildman–Crippen MR) is 84.7 cm³/mol. The zero-order valence-corrected chi connectivity index (χ0v) is 13.8. The Balaban J connectivity index is 2.41. The van der Waals surface area contributed by atoms with Crippen LogP contribution >= 0.6 is 0 Å². The molecule has 0 aromatic rings. The van der Waals surface area contributed by atoms with E-state index >= 15 is 0 Å². The third-order valence-corrected chi connectivity index (χ3v) is 5.07. The number of hydrogen-bond donors (Lipinski definition) is 1. The van der Waals surface area contributed by atoms with Crippen LogP contribution < -0.4 is 5.32 Å². The van der Waals surface area contributed by atoms with Gasteiger partial charge in [-0.05, 0) is 71.2 Å². The number of likely N-dealkylation sites (tertiary alicyclic amines) is 1. The lowest BCUT2D eigenvalue weighted by Gasteiger charge is -2.38. The zero-order chi connectivity index (χ0) is 14.3. The highest BCUT2D eigenvalue weighted by Gasteiger charge is 2.28. The Labute approximate surface area is 120 Å². The Morgan fingerprint density at radius 3 is 2.26 bits per heavy atom. The standard InChI is InChI=1S/C16H35N3/c1-6-16(7-2,13-17-3)14-19(5)12-15-8-10-18(4)11-9-15/h15,17H,6-14H2,1-5H3. The fraction of sp³-hybridized carbons (Fsp3) is 1.00. The molecule has 3 nitrogen and oxygen atoms in total. The Bertz CT molecular complexity index is 230. The van der Waals surface area contributed by atoms with Gasteiger partial charge in [-0.3, -0.25) is 0 Å². The molecule has 1 saturated heterocycles. The van der Waals surface area contributed by atoms with E-state index in [-0.39, 0.29) is 0 Å². The first-order valence-electron chi connectivity index (χ1n) is 8.07. The largest absolute Gasteiger partial charge is 0.319 e. The van der Waals surface area contributed by atoms with Gasteiger partial charge in [0, 0.05) is 19.6 Å². The van der Waals surface area contributed by atoms with Gasteiger partial charge in [-0.15, -0.1) is 0 Å². The molecule has 1 aliphatic rings. The summed E-state index contributed by atoms with van der Waals surface area (Å²) < 4.78 is 0. The molecule has 1 aliphatic heterocycles. The number of hydrogen-bond acceptors (Lipinski definition) is 3. The molecule has 19 heavy (non-hydrogen) atoms. The van der Waals surface area contributed by atoms with Crippen LogP contribution in [0.4, 0.5) is 0 Å². The summed E-state index contributed by atoms with van der Waals surface area (Å²) in [5.41, 5.74) is 0.453. The minimum Gasteiger partial charge on any atom is -0.319 e. The van der Waals surface area contributed by atoms with Gasteiger partial charge in [-0.2, -0.15) is 0 Å². The molecule has 0 saturated carbocycles. The summed E-state index contributed by atoms with van der Waals surface area (Å²) in [6.07, 6.45) is 5.28. The van der Waals surface area contributed by atoms with E-state index in [1.54, 1.807) is 0 Å². The highest BCUT2D eigenvalue weighted by Crippen LogP contribution is 2.27. The molecule has 0 unspecified atom stereocenters. The molecule has 1 fully saturated rings. The molecule has 1 rings (SSSR count). The van der Waals surface area contributed by atoms with Crippen LogP contribution in [0.15, 0.2) is 0 Å².